The van der Waals surface area contributed by atoms with Gasteiger partial charge in [-0.25, -0.2) is 4.39 Å². The van der Waals surface area contributed by atoms with Crippen molar-refractivity contribution in [2.24, 2.45) is 0 Å². The van der Waals surface area contributed by atoms with Gasteiger partial charge in [0.2, 0.25) is 0 Å². The van der Waals surface area contributed by atoms with Crippen molar-refractivity contribution in [3.63, 3.8) is 0 Å². The van der Waals surface area contributed by atoms with Gasteiger partial charge in [-0.05, 0) is 53.3 Å². The van der Waals surface area contributed by atoms with Crippen molar-refractivity contribution in [3.8, 4) is 0 Å². The van der Waals surface area contributed by atoms with Crippen LogP contribution in [-0.4, -0.2) is 4.57 Å². The molecule has 0 bridgehead atoms. The molecule has 0 N–H and O–H groups in total. The normalized spacial score (nSPS) is 10.6. The number of aromatic nitrogens is 1. The number of aryl methyl sites for hydroxylation is 1. The Labute approximate surface area is 102 Å². The van der Waals surface area contributed by atoms with Gasteiger partial charge in [-0.1, -0.05) is 12.1 Å². The minimum absolute atomic E-state index is 0.183. The molecule has 1 aromatic heterocycles. The Morgan fingerprint density at radius 1 is 1.27 bits per heavy atom. The molecule has 15 heavy (non-hydrogen) atoms. The van der Waals surface area contributed by atoms with Crippen molar-refractivity contribution >= 4 is 22.6 Å². The summed E-state index contributed by atoms with van der Waals surface area (Å²) in [4.78, 5) is 0. The molecule has 0 saturated heterocycles. The first-order valence-corrected chi connectivity index (χ1v) is 5.80. The van der Waals surface area contributed by atoms with Crippen molar-refractivity contribution in [1.82, 2.24) is 4.57 Å². The summed E-state index contributed by atoms with van der Waals surface area (Å²) in [5.41, 5.74) is 2.34. The molecule has 3 heteroatoms. The van der Waals surface area contributed by atoms with Gasteiger partial charge in [0.15, 0.2) is 0 Å². The molecule has 0 spiro atoms. The Bertz CT molecular complexity index is 459. The molecule has 0 fully saturated rings. The van der Waals surface area contributed by atoms with Gasteiger partial charge in [-0.2, -0.15) is 0 Å². The number of nitrogens with zero attached hydrogens (tertiary/aromatic N) is 1. The van der Waals surface area contributed by atoms with Crippen molar-refractivity contribution < 1.29 is 4.39 Å². The highest BCUT2D eigenvalue weighted by Crippen LogP contribution is 2.13. The fourth-order valence-corrected chi connectivity index (χ4v) is 2.31. The van der Waals surface area contributed by atoms with Crippen LogP contribution in [0.2, 0.25) is 0 Å². The Hall–Kier alpha value is -0.840. The van der Waals surface area contributed by atoms with Crippen LogP contribution in [0.5, 0.6) is 0 Å². The van der Waals surface area contributed by atoms with Crippen LogP contribution in [0, 0.1) is 16.3 Å². The van der Waals surface area contributed by atoms with E-state index in [0.717, 1.165) is 12.1 Å². The van der Waals surface area contributed by atoms with Crippen LogP contribution < -0.4 is 0 Å². The van der Waals surface area contributed by atoms with Crippen molar-refractivity contribution in [1.29, 1.82) is 0 Å². The van der Waals surface area contributed by atoms with Gasteiger partial charge in [0, 0.05) is 22.0 Å². The molecule has 0 saturated carbocycles. The summed E-state index contributed by atoms with van der Waals surface area (Å²) in [5.74, 6) is -0.183. The summed E-state index contributed by atoms with van der Waals surface area (Å²) in [6.45, 7) is 2.88. The topological polar surface area (TPSA) is 4.93 Å². The third-order valence-electron chi connectivity index (χ3n) is 2.35. The van der Waals surface area contributed by atoms with Crippen LogP contribution in [0.25, 0.3) is 0 Å². The zero-order chi connectivity index (χ0) is 10.8. The van der Waals surface area contributed by atoms with E-state index in [0.29, 0.717) is 0 Å². The van der Waals surface area contributed by atoms with Gasteiger partial charge in [0.05, 0.1) is 0 Å². The lowest BCUT2D eigenvalue weighted by atomic mass is 10.2. The van der Waals surface area contributed by atoms with E-state index in [9.17, 15) is 4.39 Å². The van der Waals surface area contributed by atoms with Crippen molar-refractivity contribution in [2.45, 2.75) is 13.5 Å². The minimum atomic E-state index is -0.183. The van der Waals surface area contributed by atoms with Crippen molar-refractivity contribution in [3.05, 3.63) is 57.2 Å². The molecule has 0 unspecified atom stereocenters. The highest BCUT2D eigenvalue weighted by Gasteiger charge is 2.00. The van der Waals surface area contributed by atoms with E-state index in [1.54, 1.807) is 0 Å². The number of rotatable bonds is 2. The molecule has 0 amide bonds. The van der Waals surface area contributed by atoms with Gasteiger partial charge in [-0.3, -0.25) is 0 Å². The fourth-order valence-electron chi connectivity index (χ4n) is 1.53. The molecule has 78 valence electrons. The molecule has 0 aliphatic carbocycles. The number of hydrogen-bond acceptors (Lipinski definition) is 0. The number of halogens is 2. The molecular formula is C12H11FIN. The third-order valence-corrected chi connectivity index (χ3v) is 2.94. The number of benzene rings is 1. The average Bonchev–Trinajstić information content (AvgIpc) is 2.49. The van der Waals surface area contributed by atoms with E-state index < -0.39 is 0 Å². The predicted octanol–water partition coefficient (Wildman–Crippen LogP) is 3.59. The zero-order valence-corrected chi connectivity index (χ0v) is 10.5. The Morgan fingerprint density at radius 2 is 1.93 bits per heavy atom. The third kappa shape index (κ3) is 2.59. The molecular weight excluding hydrogens is 304 g/mol. The van der Waals surface area contributed by atoms with Gasteiger partial charge in [0.1, 0.15) is 5.82 Å². The van der Waals surface area contributed by atoms with Crippen LogP contribution in [-0.2, 0) is 6.54 Å². The Balaban J connectivity index is 2.21. The van der Waals surface area contributed by atoms with E-state index in [4.69, 9.17) is 0 Å². The van der Waals surface area contributed by atoms with Gasteiger partial charge in [0.25, 0.3) is 0 Å². The summed E-state index contributed by atoms with van der Waals surface area (Å²) in [6.07, 6.45) is 2.10. The average molecular weight is 315 g/mol. The smallest absolute Gasteiger partial charge is 0.123 e. The lowest BCUT2D eigenvalue weighted by Gasteiger charge is -2.05. The lowest BCUT2D eigenvalue weighted by Crippen LogP contribution is -1.99. The molecule has 0 aliphatic heterocycles. The van der Waals surface area contributed by atoms with Crippen LogP contribution in [0.15, 0.2) is 36.5 Å². The fraction of sp³-hybridized carbons (Fsp3) is 0.167. The van der Waals surface area contributed by atoms with Gasteiger partial charge < -0.3 is 4.57 Å². The maximum atomic E-state index is 12.7. The van der Waals surface area contributed by atoms with Crippen LogP contribution in [0.1, 0.15) is 11.3 Å². The summed E-state index contributed by atoms with van der Waals surface area (Å²) >= 11 is 2.29. The van der Waals surface area contributed by atoms with Gasteiger partial charge >= 0.3 is 0 Å². The summed E-state index contributed by atoms with van der Waals surface area (Å²) in [7, 11) is 0. The highest BCUT2D eigenvalue weighted by molar-refractivity contribution is 14.1. The van der Waals surface area contributed by atoms with E-state index in [1.165, 1.54) is 21.4 Å². The van der Waals surface area contributed by atoms with E-state index in [-0.39, 0.29) is 5.82 Å². The van der Waals surface area contributed by atoms with E-state index in [1.807, 2.05) is 12.1 Å². The standard InChI is InChI=1S/C12H11FIN/c1-9-6-12(14)8-15(9)7-10-2-4-11(13)5-3-10/h2-6,8H,7H2,1H3. The summed E-state index contributed by atoms with van der Waals surface area (Å²) in [5, 5.41) is 0. The first kappa shape index (κ1) is 10.7. The van der Waals surface area contributed by atoms with E-state index in [2.05, 4.69) is 46.3 Å². The highest BCUT2D eigenvalue weighted by atomic mass is 127. The van der Waals surface area contributed by atoms with Crippen molar-refractivity contribution in [2.75, 3.05) is 0 Å². The number of hydrogen-bond donors (Lipinski definition) is 0. The molecule has 2 rings (SSSR count). The second kappa shape index (κ2) is 4.35. The maximum Gasteiger partial charge on any atom is 0.123 e. The quantitative estimate of drug-likeness (QED) is 0.747. The summed E-state index contributed by atoms with van der Waals surface area (Å²) < 4.78 is 16.1. The molecule has 0 aliphatic rings. The van der Waals surface area contributed by atoms with Crippen LogP contribution in [0.4, 0.5) is 4.39 Å². The van der Waals surface area contributed by atoms with E-state index >= 15 is 0 Å². The molecule has 1 nitrogen and oxygen atoms in total. The maximum absolute atomic E-state index is 12.7. The van der Waals surface area contributed by atoms with Gasteiger partial charge in [-0.15, -0.1) is 0 Å². The second-order valence-electron chi connectivity index (χ2n) is 3.55. The predicted molar refractivity (Wildman–Crippen MR) is 67.4 cm³/mol. The molecule has 0 atom stereocenters. The Kier molecular flexibility index (Phi) is 3.09. The molecule has 1 aromatic carbocycles. The molecule has 1 heterocycles. The first-order valence-electron chi connectivity index (χ1n) is 4.72. The zero-order valence-electron chi connectivity index (χ0n) is 8.37. The lowest BCUT2D eigenvalue weighted by molar-refractivity contribution is 0.626. The summed E-state index contributed by atoms with van der Waals surface area (Å²) in [6, 6.07) is 8.77. The largest absolute Gasteiger partial charge is 0.346 e. The van der Waals surface area contributed by atoms with Crippen LogP contribution in [0.3, 0.4) is 0 Å². The minimum Gasteiger partial charge on any atom is -0.346 e. The second-order valence-corrected chi connectivity index (χ2v) is 4.80. The molecule has 0 radical (unpaired) electrons. The first-order chi connectivity index (χ1) is 7.15. The molecule has 2 aromatic rings. The van der Waals surface area contributed by atoms with Crippen LogP contribution >= 0.6 is 22.6 Å². The SMILES string of the molecule is Cc1cc(I)cn1Cc1ccc(F)cc1. The Morgan fingerprint density at radius 3 is 2.47 bits per heavy atom. The monoisotopic (exact) mass is 315 g/mol.